The second-order valence-corrected chi connectivity index (χ2v) is 12.8. The lowest BCUT2D eigenvalue weighted by Gasteiger charge is -2.62. The van der Waals surface area contributed by atoms with Crippen molar-refractivity contribution in [3.05, 3.63) is 54.4 Å². The lowest BCUT2D eigenvalue weighted by Crippen LogP contribution is -2.77. The Morgan fingerprint density at radius 3 is 2.27 bits per heavy atom. The summed E-state index contributed by atoms with van der Waals surface area (Å²) in [7, 11) is 0. The van der Waals surface area contributed by atoms with Crippen LogP contribution in [-0.4, -0.2) is 81.0 Å². The molecule has 5 aliphatic rings. The number of esters is 4. The summed E-state index contributed by atoms with van der Waals surface area (Å²) in [4.78, 5) is 55.9. The maximum atomic E-state index is 13.9. The molecule has 12 nitrogen and oxygen atoms in total. The maximum Gasteiger partial charge on any atom is 0.340 e. The van der Waals surface area contributed by atoms with Gasteiger partial charge in [-0.3, -0.25) is 19.4 Å². The van der Waals surface area contributed by atoms with Crippen molar-refractivity contribution in [3.8, 4) is 0 Å². The normalized spacial score (nSPS) is 41.9. The van der Waals surface area contributed by atoms with E-state index >= 15 is 0 Å². The summed E-state index contributed by atoms with van der Waals surface area (Å²) in [5, 5.41) is 25.4. The number of aromatic nitrogens is 1. The number of hydrogen-bond donors (Lipinski definition) is 2. The van der Waals surface area contributed by atoms with Crippen LogP contribution in [0, 0.1) is 29.1 Å². The number of fused-ring (bicyclic) bond motifs is 1. The van der Waals surface area contributed by atoms with Crippen LogP contribution in [0.3, 0.4) is 0 Å². The van der Waals surface area contributed by atoms with E-state index in [1.54, 1.807) is 32.1 Å². The number of carbonyl (C=O) groups excluding carboxylic acids is 4. The van der Waals surface area contributed by atoms with E-state index in [2.05, 4.69) is 11.6 Å². The van der Waals surface area contributed by atoms with Crippen LogP contribution >= 0.6 is 0 Å². The van der Waals surface area contributed by atoms with E-state index in [0.717, 1.165) is 6.92 Å². The molecule has 238 valence electrons. The van der Waals surface area contributed by atoms with Gasteiger partial charge < -0.3 is 33.9 Å². The van der Waals surface area contributed by atoms with E-state index in [1.807, 2.05) is 0 Å². The van der Waals surface area contributed by atoms with Crippen molar-refractivity contribution in [3.63, 3.8) is 0 Å². The van der Waals surface area contributed by atoms with Crippen LogP contribution in [0.5, 0.6) is 0 Å². The number of ether oxygens (including phenoxy) is 5. The molecular weight excluding hydrogens is 574 g/mol. The summed E-state index contributed by atoms with van der Waals surface area (Å²) in [5.41, 5.74) is -5.26. The minimum Gasteiger partial charge on any atom is -0.462 e. The molecule has 6 rings (SSSR count). The highest BCUT2D eigenvalue weighted by Gasteiger charge is 2.86. The number of carbonyl (C=O) groups is 4. The quantitative estimate of drug-likeness (QED) is 0.273. The highest BCUT2D eigenvalue weighted by atomic mass is 16.7. The van der Waals surface area contributed by atoms with Gasteiger partial charge in [-0.2, -0.15) is 0 Å². The fourth-order valence-corrected chi connectivity index (χ4v) is 8.53. The third-order valence-electron chi connectivity index (χ3n) is 9.91. The highest BCUT2D eigenvalue weighted by molar-refractivity contribution is 5.89. The zero-order valence-electron chi connectivity index (χ0n) is 25.6. The monoisotopic (exact) mass is 613 g/mol. The van der Waals surface area contributed by atoms with Crippen LogP contribution in [0.1, 0.15) is 58.3 Å². The van der Waals surface area contributed by atoms with Gasteiger partial charge in [0.25, 0.3) is 0 Å². The predicted octanol–water partition coefficient (Wildman–Crippen LogP) is 2.28. The first kappa shape index (κ1) is 31.8. The summed E-state index contributed by atoms with van der Waals surface area (Å²) in [6, 6.07) is 3.05. The Morgan fingerprint density at radius 1 is 1.02 bits per heavy atom. The minimum absolute atomic E-state index is 0.0886. The largest absolute Gasteiger partial charge is 0.462 e. The third-order valence-corrected chi connectivity index (χ3v) is 9.91. The first-order valence-corrected chi connectivity index (χ1v) is 14.6. The predicted molar refractivity (Wildman–Crippen MR) is 151 cm³/mol. The van der Waals surface area contributed by atoms with Crippen molar-refractivity contribution in [2.75, 3.05) is 6.61 Å². The molecule has 0 radical (unpaired) electrons. The zero-order chi connectivity index (χ0) is 32.4. The van der Waals surface area contributed by atoms with E-state index < -0.39 is 94.9 Å². The molecule has 1 spiro atoms. The van der Waals surface area contributed by atoms with Crippen LogP contribution in [0.15, 0.2) is 48.8 Å². The number of allylic oxidation sites excluding steroid dienone is 2. The molecule has 0 aromatic carbocycles. The molecule has 2 N–H and O–H groups in total. The van der Waals surface area contributed by atoms with Gasteiger partial charge in [0.15, 0.2) is 5.60 Å². The van der Waals surface area contributed by atoms with Crippen molar-refractivity contribution in [2.24, 2.45) is 29.1 Å². The zero-order valence-corrected chi connectivity index (χ0v) is 25.6. The lowest BCUT2D eigenvalue weighted by molar-refractivity contribution is -0.411. The van der Waals surface area contributed by atoms with Crippen LogP contribution in [0.4, 0.5) is 0 Å². The first-order chi connectivity index (χ1) is 20.5. The van der Waals surface area contributed by atoms with Crippen LogP contribution in [-0.2, 0) is 38.1 Å². The molecule has 1 aromatic rings. The van der Waals surface area contributed by atoms with Crippen LogP contribution < -0.4 is 0 Å². The Hall–Kier alpha value is -3.61. The highest BCUT2D eigenvalue weighted by Crippen LogP contribution is 2.70. The topological polar surface area (TPSA) is 168 Å². The van der Waals surface area contributed by atoms with Gasteiger partial charge >= 0.3 is 23.9 Å². The lowest BCUT2D eigenvalue weighted by atomic mass is 9.52. The molecule has 3 heterocycles. The summed E-state index contributed by atoms with van der Waals surface area (Å²) in [6.07, 6.45) is 2.35. The Bertz CT molecular complexity index is 1410. The summed E-state index contributed by atoms with van der Waals surface area (Å²) in [6.45, 7) is 12.2. The first-order valence-electron chi connectivity index (χ1n) is 14.6. The van der Waals surface area contributed by atoms with Gasteiger partial charge in [0, 0.05) is 45.0 Å². The molecule has 4 fully saturated rings. The number of pyridine rings is 1. The SMILES string of the molecule is C=C(C)[C@H]1C=C[C@@H](OC(C)=O)[C@]23CO[C@](O)([C@@](C)(O)[C@H]12)[C@@]1(OC(C)=O)C[C@H](C)[C@H](OC(C)=O)[C@@H]1[C@H]3OC(=O)c1cccnc1. The van der Waals surface area contributed by atoms with Gasteiger partial charge in [0.05, 0.1) is 23.5 Å². The van der Waals surface area contributed by atoms with Crippen LogP contribution in [0.2, 0.25) is 0 Å². The number of aliphatic hydroxyl groups is 2. The molecule has 1 aromatic heterocycles. The molecular formula is C32H39NO11. The van der Waals surface area contributed by atoms with Gasteiger partial charge in [-0.15, -0.1) is 0 Å². The van der Waals surface area contributed by atoms with Crippen molar-refractivity contribution in [1.82, 2.24) is 4.98 Å². The molecule has 44 heavy (non-hydrogen) atoms. The molecule has 2 saturated heterocycles. The van der Waals surface area contributed by atoms with Crippen molar-refractivity contribution in [2.45, 2.75) is 83.3 Å². The molecule has 2 saturated carbocycles. The third kappa shape index (κ3) is 4.40. The Morgan fingerprint density at radius 2 is 1.70 bits per heavy atom. The molecule has 2 aliphatic heterocycles. The summed E-state index contributed by atoms with van der Waals surface area (Å²) < 4.78 is 30.4. The summed E-state index contributed by atoms with van der Waals surface area (Å²) in [5.74, 6) is -9.16. The number of nitrogens with zero attached hydrogens (tertiary/aromatic N) is 1. The summed E-state index contributed by atoms with van der Waals surface area (Å²) >= 11 is 0. The van der Waals surface area contributed by atoms with Gasteiger partial charge in [-0.1, -0.05) is 25.2 Å². The van der Waals surface area contributed by atoms with Crippen molar-refractivity contribution in [1.29, 1.82) is 0 Å². The Balaban J connectivity index is 1.89. The molecule has 11 atom stereocenters. The van der Waals surface area contributed by atoms with Crippen molar-refractivity contribution < 1.29 is 53.1 Å². The molecule has 12 heteroatoms. The second kappa shape index (κ2) is 10.8. The molecule has 0 unspecified atom stereocenters. The average Bonchev–Trinajstić information content (AvgIpc) is 3.14. The molecule has 2 bridgehead atoms. The maximum absolute atomic E-state index is 13.9. The molecule has 0 amide bonds. The Labute approximate surface area is 255 Å². The van der Waals surface area contributed by atoms with Gasteiger partial charge in [-0.05, 0) is 44.4 Å². The fourth-order valence-electron chi connectivity index (χ4n) is 8.53. The number of hydrogen-bond acceptors (Lipinski definition) is 12. The number of rotatable bonds is 6. The second-order valence-electron chi connectivity index (χ2n) is 12.8. The van der Waals surface area contributed by atoms with E-state index in [0.29, 0.717) is 5.57 Å². The van der Waals surface area contributed by atoms with E-state index in [9.17, 15) is 29.4 Å². The molecule has 3 aliphatic carbocycles. The van der Waals surface area contributed by atoms with Crippen LogP contribution in [0.25, 0.3) is 0 Å². The Kier molecular flexibility index (Phi) is 7.79. The van der Waals surface area contributed by atoms with Crippen molar-refractivity contribution >= 4 is 23.9 Å². The van der Waals surface area contributed by atoms with E-state index in [-0.39, 0.29) is 12.0 Å². The standard InChI is InChI=1S/C32H39NO11/c1-16(2)22-10-11-23(41-18(4)34)30-15-40-32(39,29(7,38)26(22)30)31(44-20(6)36)13-17(3)25(42-19(5)35)24(31)27(30)43-28(37)21-9-8-12-33-14-21/h8-12,14,17,22-27,38-39H,1,13,15H2,2-7H3/t17-,22+,23+,24+,25-,26-,27+,29-,30+,31+,32+/m0/s1. The van der Waals surface area contributed by atoms with E-state index in [1.165, 1.54) is 39.2 Å². The van der Waals surface area contributed by atoms with Gasteiger partial charge in [0.1, 0.15) is 23.9 Å². The van der Waals surface area contributed by atoms with Gasteiger partial charge in [0.2, 0.25) is 5.79 Å². The average molecular weight is 614 g/mol. The van der Waals surface area contributed by atoms with E-state index in [4.69, 9.17) is 23.7 Å². The fraction of sp³-hybridized carbons (Fsp3) is 0.594. The minimum atomic E-state index is -2.61. The van der Waals surface area contributed by atoms with Gasteiger partial charge in [-0.25, -0.2) is 4.79 Å². The smallest absolute Gasteiger partial charge is 0.340 e.